The summed E-state index contributed by atoms with van der Waals surface area (Å²) in [5.74, 6) is -0.0000463. The van der Waals surface area contributed by atoms with Crippen molar-refractivity contribution in [2.75, 3.05) is 0 Å². The molecular formula is C21H22O. The minimum Gasteiger partial charge on any atom is -0.290 e. The van der Waals surface area contributed by atoms with Gasteiger partial charge in [0.25, 0.3) is 0 Å². The van der Waals surface area contributed by atoms with E-state index in [-0.39, 0.29) is 5.78 Å². The predicted octanol–water partition coefficient (Wildman–Crippen LogP) is 5.22. The Hall–Kier alpha value is -2.41. The van der Waals surface area contributed by atoms with Gasteiger partial charge in [0.2, 0.25) is 0 Å². The molecule has 1 heteroatoms. The van der Waals surface area contributed by atoms with Gasteiger partial charge in [-0.05, 0) is 62.1 Å². The van der Waals surface area contributed by atoms with Gasteiger partial charge in [-0.1, -0.05) is 59.7 Å². The molecule has 0 aliphatic carbocycles. The minimum atomic E-state index is -0.0000463. The van der Waals surface area contributed by atoms with E-state index >= 15 is 0 Å². The zero-order valence-corrected chi connectivity index (χ0v) is 13.7. The van der Waals surface area contributed by atoms with Crippen LogP contribution in [0.5, 0.6) is 0 Å². The summed E-state index contributed by atoms with van der Waals surface area (Å²) in [7, 11) is 0. The zero-order chi connectivity index (χ0) is 16.1. The molecular weight excluding hydrogens is 268 g/mol. The molecule has 0 atom stereocenters. The second-order valence-electron chi connectivity index (χ2n) is 5.79. The van der Waals surface area contributed by atoms with E-state index in [1.54, 1.807) is 12.2 Å². The molecule has 0 bridgehead atoms. The molecule has 0 heterocycles. The molecule has 0 aliphatic heterocycles. The highest BCUT2D eigenvalue weighted by Crippen LogP contribution is 2.14. The Morgan fingerprint density at radius 2 is 1.14 bits per heavy atom. The maximum atomic E-state index is 12.0. The molecule has 0 saturated carbocycles. The average molecular weight is 290 g/mol. The summed E-state index contributed by atoms with van der Waals surface area (Å²) < 4.78 is 0. The van der Waals surface area contributed by atoms with Crippen LogP contribution in [0.2, 0.25) is 0 Å². The minimum absolute atomic E-state index is 0.0000463. The van der Waals surface area contributed by atoms with Gasteiger partial charge in [0.15, 0.2) is 5.78 Å². The van der Waals surface area contributed by atoms with E-state index in [0.29, 0.717) is 0 Å². The lowest BCUT2D eigenvalue weighted by atomic mass is 10.0. The fraction of sp³-hybridized carbons (Fsp3) is 0.190. The molecule has 112 valence electrons. The van der Waals surface area contributed by atoms with Crippen LogP contribution in [0, 0.1) is 27.7 Å². The molecule has 1 nitrogen and oxygen atoms in total. The second-order valence-corrected chi connectivity index (χ2v) is 5.79. The summed E-state index contributed by atoms with van der Waals surface area (Å²) in [6.07, 6.45) is 7.00. The lowest BCUT2D eigenvalue weighted by Gasteiger charge is -2.01. The predicted molar refractivity (Wildman–Crippen MR) is 94.9 cm³/mol. The molecule has 0 aromatic heterocycles. The van der Waals surface area contributed by atoms with E-state index in [0.717, 1.165) is 11.1 Å². The van der Waals surface area contributed by atoms with Crippen LogP contribution in [0.4, 0.5) is 0 Å². The van der Waals surface area contributed by atoms with Gasteiger partial charge >= 0.3 is 0 Å². The Morgan fingerprint density at radius 3 is 1.50 bits per heavy atom. The van der Waals surface area contributed by atoms with E-state index in [1.807, 2.05) is 24.3 Å². The third-order valence-corrected chi connectivity index (χ3v) is 3.70. The molecule has 2 aromatic carbocycles. The Bertz CT molecular complexity index is 685. The number of carbonyl (C=O) groups is 1. The number of carbonyl (C=O) groups excluding carboxylic acids is 1. The summed E-state index contributed by atoms with van der Waals surface area (Å²) in [5, 5.41) is 0. The van der Waals surface area contributed by atoms with Gasteiger partial charge < -0.3 is 0 Å². The van der Waals surface area contributed by atoms with Crippen molar-refractivity contribution in [3.05, 3.63) is 81.9 Å². The summed E-state index contributed by atoms with van der Waals surface area (Å²) in [6.45, 7) is 8.25. The molecule has 0 fully saturated rings. The van der Waals surface area contributed by atoms with Crippen molar-refractivity contribution in [1.29, 1.82) is 0 Å². The van der Waals surface area contributed by atoms with Crippen molar-refractivity contribution in [1.82, 2.24) is 0 Å². The zero-order valence-electron chi connectivity index (χ0n) is 13.7. The molecule has 22 heavy (non-hydrogen) atoms. The fourth-order valence-corrected chi connectivity index (χ4v) is 2.42. The van der Waals surface area contributed by atoms with Crippen molar-refractivity contribution in [3.8, 4) is 0 Å². The second kappa shape index (κ2) is 7.04. The standard InChI is InChI=1S/C21H22O/c1-15-5-7-19(17(3)13-15)9-11-21(22)12-10-20-8-6-16(2)14-18(20)4/h5-14H,1-4H3/b11-9+,12-10+. The largest absolute Gasteiger partial charge is 0.290 e. The van der Waals surface area contributed by atoms with Crippen molar-refractivity contribution < 1.29 is 4.79 Å². The quantitative estimate of drug-likeness (QED) is 0.706. The Balaban J connectivity index is 2.09. The van der Waals surface area contributed by atoms with E-state index in [4.69, 9.17) is 0 Å². The number of ketones is 1. The van der Waals surface area contributed by atoms with Gasteiger partial charge in [0, 0.05) is 0 Å². The fourth-order valence-electron chi connectivity index (χ4n) is 2.42. The van der Waals surface area contributed by atoms with E-state index in [9.17, 15) is 4.79 Å². The van der Waals surface area contributed by atoms with Crippen LogP contribution < -0.4 is 0 Å². The number of hydrogen-bond acceptors (Lipinski definition) is 1. The molecule has 0 aliphatic rings. The van der Waals surface area contributed by atoms with Crippen LogP contribution in [-0.4, -0.2) is 5.78 Å². The van der Waals surface area contributed by atoms with Crippen LogP contribution in [-0.2, 0) is 4.79 Å². The average Bonchev–Trinajstić information content (AvgIpc) is 2.45. The molecule has 0 unspecified atom stereocenters. The molecule has 0 saturated heterocycles. The van der Waals surface area contributed by atoms with Gasteiger partial charge in [-0.15, -0.1) is 0 Å². The molecule has 0 N–H and O–H groups in total. The molecule has 2 rings (SSSR count). The number of benzene rings is 2. The van der Waals surface area contributed by atoms with Crippen LogP contribution in [0.1, 0.15) is 33.4 Å². The number of aryl methyl sites for hydroxylation is 4. The highest BCUT2D eigenvalue weighted by Gasteiger charge is 1.97. The van der Waals surface area contributed by atoms with Crippen LogP contribution >= 0.6 is 0 Å². The third-order valence-electron chi connectivity index (χ3n) is 3.70. The highest BCUT2D eigenvalue weighted by molar-refractivity contribution is 6.04. The van der Waals surface area contributed by atoms with Crippen molar-refractivity contribution in [2.24, 2.45) is 0 Å². The normalized spacial score (nSPS) is 11.5. The van der Waals surface area contributed by atoms with Crippen LogP contribution in [0.3, 0.4) is 0 Å². The Kier molecular flexibility index (Phi) is 5.11. The van der Waals surface area contributed by atoms with Crippen LogP contribution in [0.25, 0.3) is 12.2 Å². The van der Waals surface area contributed by atoms with Gasteiger partial charge in [0.1, 0.15) is 0 Å². The topological polar surface area (TPSA) is 17.1 Å². The van der Waals surface area contributed by atoms with E-state index in [1.165, 1.54) is 22.3 Å². The van der Waals surface area contributed by atoms with E-state index < -0.39 is 0 Å². The monoisotopic (exact) mass is 290 g/mol. The van der Waals surface area contributed by atoms with E-state index in [2.05, 4.69) is 52.0 Å². The van der Waals surface area contributed by atoms with Crippen molar-refractivity contribution in [2.45, 2.75) is 27.7 Å². The first kappa shape index (κ1) is 16.0. The smallest absolute Gasteiger partial charge is 0.178 e. The summed E-state index contributed by atoms with van der Waals surface area (Å²) in [4.78, 5) is 12.0. The maximum absolute atomic E-state index is 12.0. The molecule has 0 amide bonds. The van der Waals surface area contributed by atoms with Crippen molar-refractivity contribution in [3.63, 3.8) is 0 Å². The first-order valence-corrected chi connectivity index (χ1v) is 7.50. The highest BCUT2D eigenvalue weighted by atomic mass is 16.1. The van der Waals surface area contributed by atoms with Gasteiger partial charge in [-0.2, -0.15) is 0 Å². The third kappa shape index (κ3) is 4.29. The summed E-state index contributed by atoms with van der Waals surface area (Å²) >= 11 is 0. The van der Waals surface area contributed by atoms with Crippen molar-refractivity contribution >= 4 is 17.9 Å². The Labute approximate surface area is 133 Å². The SMILES string of the molecule is Cc1ccc(/C=C/C(=O)/C=C/c2ccc(C)cc2C)c(C)c1. The molecule has 0 spiro atoms. The Morgan fingerprint density at radius 1 is 0.727 bits per heavy atom. The first-order chi connectivity index (χ1) is 10.5. The number of rotatable bonds is 4. The first-order valence-electron chi connectivity index (χ1n) is 7.50. The number of hydrogen-bond donors (Lipinski definition) is 0. The molecule has 2 aromatic rings. The lowest BCUT2D eigenvalue weighted by molar-refractivity contribution is -0.110. The molecule has 0 radical (unpaired) electrons. The summed E-state index contributed by atoms with van der Waals surface area (Å²) in [5.41, 5.74) is 6.99. The maximum Gasteiger partial charge on any atom is 0.178 e. The number of allylic oxidation sites excluding steroid dienone is 2. The summed E-state index contributed by atoms with van der Waals surface area (Å²) in [6, 6.07) is 12.4. The van der Waals surface area contributed by atoms with Gasteiger partial charge in [-0.3, -0.25) is 4.79 Å². The van der Waals surface area contributed by atoms with Gasteiger partial charge in [-0.25, -0.2) is 0 Å². The van der Waals surface area contributed by atoms with Crippen LogP contribution in [0.15, 0.2) is 48.6 Å². The van der Waals surface area contributed by atoms with Gasteiger partial charge in [0.05, 0.1) is 0 Å². The lowest BCUT2D eigenvalue weighted by Crippen LogP contribution is -1.88.